The fourth-order valence-electron chi connectivity index (χ4n) is 1.41. The van der Waals surface area contributed by atoms with E-state index in [4.69, 9.17) is 23.2 Å². The molecule has 2 aromatic rings. The summed E-state index contributed by atoms with van der Waals surface area (Å²) in [6.07, 6.45) is 1.09. The van der Waals surface area contributed by atoms with Gasteiger partial charge in [-0.3, -0.25) is 9.36 Å². The molecule has 0 aliphatic rings. The largest absolute Gasteiger partial charge is 0.293 e. The Morgan fingerprint density at radius 1 is 1.22 bits per heavy atom. The highest BCUT2D eigenvalue weighted by Crippen LogP contribution is 2.15. The zero-order valence-electron chi connectivity index (χ0n) is 8.83. The Balaban J connectivity index is 2.47. The molecule has 0 amide bonds. The Hall–Kier alpha value is -1.46. The molecule has 0 N–H and O–H groups in total. The number of aromatic nitrogens is 2. The Kier molecular flexibility index (Phi) is 3.63. The highest BCUT2D eigenvalue weighted by molar-refractivity contribution is 6.40. The van der Waals surface area contributed by atoms with Gasteiger partial charge in [0.2, 0.25) is 0 Å². The molecule has 1 aromatic heterocycles. The van der Waals surface area contributed by atoms with Crippen LogP contribution in [0.3, 0.4) is 0 Å². The Bertz CT molecular complexity index is 638. The van der Waals surface area contributed by atoms with Gasteiger partial charge in [-0.15, -0.1) is 0 Å². The van der Waals surface area contributed by atoms with Gasteiger partial charge >= 0.3 is 0 Å². The average molecular weight is 291 g/mol. The molecule has 1 aromatic carbocycles. The van der Waals surface area contributed by atoms with Crippen molar-refractivity contribution in [1.29, 1.82) is 0 Å². The number of rotatable bonds is 2. The first-order chi connectivity index (χ1) is 8.50. The molecule has 18 heavy (non-hydrogen) atoms. The minimum absolute atomic E-state index is 0.146. The number of halogens is 4. The first-order valence-corrected chi connectivity index (χ1v) is 5.59. The van der Waals surface area contributed by atoms with Crippen LogP contribution < -0.4 is 5.56 Å². The molecule has 0 saturated carbocycles. The van der Waals surface area contributed by atoms with E-state index in [1.54, 1.807) is 0 Å². The lowest BCUT2D eigenvalue weighted by Crippen LogP contribution is -2.22. The molecule has 2 rings (SSSR count). The summed E-state index contributed by atoms with van der Waals surface area (Å²) < 4.78 is 27.8. The van der Waals surface area contributed by atoms with Crippen LogP contribution in [-0.4, -0.2) is 9.55 Å². The third-order valence-corrected chi connectivity index (χ3v) is 3.05. The maximum absolute atomic E-state index is 13.4. The number of hydrogen-bond acceptors (Lipinski definition) is 2. The van der Waals surface area contributed by atoms with Crippen molar-refractivity contribution in [3.05, 3.63) is 62.3 Å². The van der Waals surface area contributed by atoms with Crippen LogP contribution in [0.4, 0.5) is 8.78 Å². The molecular formula is C11H6Cl2F2N2O. The molecule has 0 fully saturated rings. The van der Waals surface area contributed by atoms with E-state index >= 15 is 0 Å². The Morgan fingerprint density at radius 3 is 2.44 bits per heavy atom. The summed E-state index contributed by atoms with van der Waals surface area (Å²) in [4.78, 5) is 15.3. The van der Waals surface area contributed by atoms with E-state index in [0.717, 1.165) is 23.0 Å². The van der Waals surface area contributed by atoms with E-state index in [1.165, 1.54) is 6.07 Å². The molecule has 0 aliphatic carbocycles. The van der Waals surface area contributed by atoms with Gasteiger partial charge < -0.3 is 0 Å². The minimum Gasteiger partial charge on any atom is -0.293 e. The van der Waals surface area contributed by atoms with E-state index in [1.807, 2.05) is 0 Å². The van der Waals surface area contributed by atoms with Crippen molar-refractivity contribution in [1.82, 2.24) is 9.55 Å². The second-order valence-electron chi connectivity index (χ2n) is 3.48. The van der Waals surface area contributed by atoms with Gasteiger partial charge in [-0.1, -0.05) is 29.3 Å². The molecule has 0 aliphatic heterocycles. The summed E-state index contributed by atoms with van der Waals surface area (Å²) >= 11 is 11.2. The van der Waals surface area contributed by atoms with Crippen LogP contribution in [0.5, 0.6) is 0 Å². The summed E-state index contributed by atoms with van der Waals surface area (Å²) in [7, 11) is 0. The summed E-state index contributed by atoms with van der Waals surface area (Å²) in [6.45, 7) is -0.304. The quantitative estimate of drug-likeness (QED) is 0.797. The van der Waals surface area contributed by atoms with Gasteiger partial charge in [0, 0.05) is 5.56 Å². The summed E-state index contributed by atoms with van der Waals surface area (Å²) in [5, 5.41) is -0.428. The molecular weight excluding hydrogens is 285 g/mol. The zero-order chi connectivity index (χ0) is 13.3. The van der Waals surface area contributed by atoms with Gasteiger partial charge in [-0.25, -0.2) is 13.8 Å². The molecule has 0 atom stereocenters. The Morgan fingerprint density at radius 2 is 1.83 bits per heavy atom. The van der Waals surface area contributed by atoms with Crippen molar-refractivity contribution in [3.63, 3.8) is 0 Å². The van der Waals surface area contributed by atoms with Gasteiger partial charge in [0.1, 0.15) is 16.7 Å². The van der Waals surface area contributed by atoms with E-state index < -0.39 is 17.2 Å². The van der Waals surface area contributed by atoms with E-state index in [-0.39, 0.29) is 22.3 Å². The van der Waals surface area contributed by atoms with Crippen LogP contribution in [0.15, 0.2) is 29.3 Å². The van der Waals surface area contributed by atoms with Crippen LogP contribution >= 0.6 is 23.2 Å². The number of nitrogens with zero attached hydrogens (tertiary/aromatic N) is 2. The molecule has 3 nitrogen and oxygen atoms in total. The van der Waals surface area contributed by atoms with Crippen LogP contribution in [0.2, 0.25) is 10.2 Å². The summed E-state index contributed by atoms with van der Waals surface area (Å²) in [5.74, 6) is -1.49. The van der Waals surface area contributed by atoms with Crippen molar-refractivity contribution in [2.75, 3.05) is 0 Å². The van der Waals surface area contributed by atoms with Crippen molar-refractivity contribution in [2.24, 2.45) is 0 Å². The van der Waals surface area contributed by atoms with Gasteiger partial charge in [-0.2, -0.15) is 0 Å². The average Bonchev–Trinajstić information content (AvgIpc) is 2.34. The van der Waals surface area contributed by atoms with Crippen LogP contribution in [0, 0.1) is 11.6 Å². The fraction of sp³-hybridized carbons (Fsp3) is 0.0909. The predicted molar refractivity (Wildman–Crippen MR) is 64.0 cm³/mol. The highest BCUT2D eigenvalue weighted by Gasteiger charge is 2.12. The molecule has 0 saturated heterocycles. The third-order valence-electron chi connectivity index (χ3n) is 2.33. The van der Waals surface area contributed by atoms with Crippen LogP contribution in [0.1, 0.15) is 5.56 Å². The maximum Gasteiger partial charge on any atom is 0.273 e. The fourth-order valence-corrected chi connectivity index (χ4v) is 1.69. The van der Waals surface area contributed by atoms with E-state index in [0.29, 0.717) is 0 Å². The zero-order valence-corrected chi connectivity index (χ0v) is 10.3. The normalized spacial score (nSPS) is 10.7. The Labute approximate surface area is 111 Å². The third kappa shape index (κ3) is 2.37. The monoisotopic (exact) mass is 290 g/mol. The molecule has 7 heteroatoms. The van der Waals surface area contributed by atoms with Gasteiger partial charge in [-0.05, 0) is 12.1 Å². The highest BCUT2D eigenvalue weighted by atomic mass is 35.5. The summed E-state index contributed by atoms with van der Waals surface area (Å²) in [6, 6.07) is 3.45. The lowest BCUT2D eigenvalue weighted by atomic mass is 10.2. The molecule has 0 spiro atoms. The van der Waals surface area contributed by atoms with Gasteiger partial charge in [0.25, 0.3) is 5.56 Å². The SMILES string of the molecule is O=c1c(Cl)c(Cl)ncn1Cc1c(F)cccc1F. The standard InChI is InChI=1S/C11H6Cl2F2N2O/c12-9-10(13)16-5-17(11(9)18)4-6-7(14)2-1-3-8(6)15/h1-3,5H,4H2. The first-order valence-electron chi connectivity index (χ1n) is 4.84. The number of benzene rings is 1. The topological polar surface area (TPSA) is 34.9 Å². The van der Waals surface area contributed by atoms with Crippen molar-refractivity contribution < 1.29 is 8.78 Å². The maximum atomic E-state index is 13.4. The minimum atomic E-state index is -0.743. The van der Waals surface area contributed by atoms with Gasteiger partial charge in [0.15, 0.2) is 5.15 Å². The van der Waals surface area contributed by atoms with Crippen molar-refractivity contribution in [2.45, 2.75) is 6.54 Å². The van der Waals surface area contributed by atoms with Crippen molar-refractivity contribution in [3.8, 4) is 0 Å². The van der Waals surface area contributed by atoms with Gasteiger partial charge in [0.05, 0.1) is 12.9 Å². The second-order valence-corrected chi connectivity index (χ2v) is 4.22. The van der Waals surface area contributed by atoms with E-state index in [9.17, 15) is 13.6 Å². The van der Waals surface area contributed by atoms with Crippen LogP contribution in [-0.2, 0) is 6.54 Å². The summed E-state index contributed by atoms with van der Waals surface area (Å²) in [5.41, 5.74) is -0.890. The van der Waals surface area contributed by atoms with Crippen LogP contribution in [0.25, 0.3) is 0 Å². The van der Waals surface area contributed by atoms with E-state index in [2.05, 4.69) is 4.98 Å². The molecule has 1 heterocycles. The lowest BCUT2D eigenvalue weighted by molar-refractivity contribution is 0.540. The first kappa shape index (κ1) is 13.0. The predicted octanol–water partition coefficient (Wildman–Crippen LogP) is 2.88. The molecule has 0 bridgehead atoms. The second kappa shape index (κ2) is 5.04. The molecule has 94 valence electrons. The molecule has 0 unspecified atom stereocenters. The number of hydrogen-bond donors (Lipinski definition) is 0. The molecule has 0 radical (unpaired) electrons. The van der Waals surface area contributed by atoms with Crippen molar-refractivity contribution >= 4 is 23.2 Å². The smallest absolute Gasteiger partial charge is 0.273 e. The lowest BCUT2D eigenvalue weighted by Gasteiger charge is -2.08.